The van der Waals surface area contributed by atoms with Gasteiger partial charge in [-0.15, -0.1) is 0 Å². The first-order valence-electron chi connectivity index (χ1n) is 11.5. The third-order valence-electron chi connectivity index (χ3n) is 6.01. The predicted octanol–water partition coefficient (Wildman–Crippen LogP) is 6.13. The van der Waals surface area contributed by atoms with Crippen LogP contribution in [0.3, 0.4) is 0 Å². The Balaban J connectivity index is 1.54. The van der Waals surface area contributed by atoms with E-state index < -0.39 is 6.04 Å². The highest BCUT2D eigenvalue weighted by Gasteiger charge is 2.35. The summed E-state index contributed by atoms with van der Waals surface area (Å²) in [5.74, 6) is 0.00163. The monoisotopic (exact) mass is 541 g/mol. The number of hydrogen-bond donors (Lipinski definition) is 3. The van der Waals surface area contributed by atoms with Crippen LogP contribution in [0.25, 0.3) is 0 Å². The van der Waals surface area contributed by atoms with Gasteiger partial charge in [-0.1, -0.05) is 58.4 Å². The molecular formula is C28H24BrN5O2. The Bertz CT molecular complexity index is 1480. The van der Waals surface area contributed by atoms with E-state index in [1.165, 1.54) is 6.20 Å². The normalized spacial score (nSPS) is 14.6. The minimum Gasteiger partial charge on any atom is -0.343 e. The summed E-state index contributed by atoms with van der Waals surface area (Å²) in [5.41, 5.74) is 4.87. The van der Waals surface area contributed by atoms with Crippen LogP contribution in [0.2, 0.25) is 0 Å². The second-order valence-corrected chi connectivity index (χ2v) is 9.53. The number of amides is 2. The van der Waals surface area contributed by atoms with Crippen molar-refractivity contribution in [3.63, 3.8) is 0 Å². The van der Waals surface area contributed by atoms with Crippen molar-refractivity contribution in [1.82, 2.24) is 9.78 Å². The number of halogens is 1. The molecule has 0 aliphatic carbocycles. The molecule has 0 spiro atoms. The number of aromatic nitrogens is 2. The highest BCUT2D eigenvalue weighted by atomic mass is 79.9. The number of nitrogens with one attached hydrogen (secondary N) is 3. The van der Waals surface area contributed by atoms with E-state index in [0.29, 0.717) is 34.0 Å². The van der Waals surface area contributed by atoms with Crippen LogP contribution in [0, 0.1) is 6.92 Å². The van der Waals surface area contributed by atoms with Crippen LogP contribution in [0.5, 0.6) is 0 Å². The summed E-state index contributed by atoms with van der Waals surface area (Å²) in [6, 6.07) is 24.1. The molecule has 3 aromatic carbocycles. The molecule has 1 aliphatic rings. The minimum absolute atomic E-state index is 0.244. The second kappa shape index (κ2) is 9.83. The van der Waals surface area contributed by atoms with Gasteiger partial charge in [0.2, 0.25) is 0 Å². The molecule has 180 valence electrons. The number of anilines is 3. The van der Waals surface area contributed by atoms with Gasteiger partial charge in [0.1, 0.15) is 17.4 Å². The first-order chi connectivity index (χ1) is 17.4. The van der Waals surface area contributed by atoms with Crippen LogP contribution < -0.4 is 16.0 Å². The third-order valence-corrected chi connectivity index (χ3v) is 6.53. The Labute approximate surface area is 217 Å². The number of allylic oxidation sites excluding steroid dienone is 1. The van der Waals surface area contributed by atoms with Crippen molar-refractivity contribution in [2.24, 2.45) is 0 Å². The Morgan fingerprint density at radius 2 is 1.58 bits per heavy atom. The molecule has 4 aromatic rings. The lowest BCUT2D eigenvalue weighted by Crippen LogP contribution is -2.32. The number of carbonyl (C=O) groups is 2. The van der Waals surface area contributed by atoms with Crippen molar-refractivity contribution < 1.29 is 9.59 Å². The number of nitrogens with zero attached hydrogens (tertiary/aromatic N) is 2. The molecule has 0 bridgehead atoms. The van der Waals surface area contributed by atoms with E-state index in [2.05, 4.69) is 37.0 Å². The van der Waals surface area contributed by atoms with Crippen molar-refractivity contribution in [2.75, 3.05) is 16.0 Å². The van der Waals surface area contributed by atoms with Crippen molar-refractivity contribution in [2.45, 2.75) is 19.9 Å². The second-order valence-electron chi connectivity index (χ2n) is 8.61. The highest BCUT2D eigenvalue weighted by Crippen LogP contribution is 2.38. The maximum atomic E-state index is 13.5. The van der Waals surface area contributed by atoms with Crippen LogP contribution in [0.1, 0.15) is 34.5 Å². The summed E-state index contributed by atoms with van der Waals surface area (Å²) in [6.45, 7) is 3.81. The van der Waals surface area contributed by atoms with Gasteiger partial charge in [0.05, 0.1) is 11.8 Å². The quantitative estimate of drug-likeness (QED) is 0.283. The average molecular weight is 542 g/mol. The van der Waals surface area contributed by atoms with Gasteiger partial charge < -0.3 is 16.0 Å². The molecule has 1 atom stereocenters. The van der Waals surface area contributed by atoms with Crippen molar-refractivity contribution in [3.05, 3.63) is 117 Å². The summed E-state index contributed by atoms with van der Waals surface area (Å²) >= 11 is 3.48. The van der Waals surface area contributed by atoms with Gasteiger partial charge >= 0.3 is 0 Å². The molecule has 7 nitrogen and oxygen atoms in total. The Hall–Kier alpha value is -4.17. The molecule has 0 radical (unpaired) electrons. The highest BCUT2D eigenvalue weighted by molar-refractivity contribution is 9.10. The minimum atomic E-state index is -0.529. The number of carbonyl (C=O) groups excluding carboxylic acids is 2. The third kappa shape index (κ3) is 4.67. The van der Waals surface area contributed by atoms with Crippen molar-refractivity contribution >= 4 is 44.9 Å². The van der Waals surface area contributed by atoms with Crippen molar-refractivity contribution in [1.29, 1.82) is 0 Å². The van der Waals surface area contributed by atoms with E-state index in [-0.39, 0.29) is 11.8 Å². The van der Waals surface area contributed by atoms with Gasteiger partial charge in [-0.05, 0) is 61.4 Å². The summed E-state index contributed by atoms with van der Waals surface area (Å²) in [5, 5.41) is 13.8. The molecule has 3 N–H and O–H groups in total. The molecule has 0 saturated carbocycles. The smallest absolute Gasteiger partial charge is 0.261 e. The number of fused-ring (bicyclic) bond motifs is 1. The zero-order valence-electron chi connectivity index (χ0n) is 19.7. The Kier molecular flexibility index (Phi) is 6.43. The number of aryl methyl sites for hydroxylation is 1. The van der Waals surface area contributed by atoms with Gasteiger partial charge in [0, 0.05) is 21.5 Å². The van der Waals surface area contributed by atoms with E-state index >= 15 is 0 Å². The zero-order valence-corrected chi connectivity index (χ0v) is 21.3. The number of para-hydroxylation sites is 1. The van der Waals surface area contributed by atoms with Crippen LogP contribution in [0.4, 0.5) is 17.2 Å². The molecule has 0 saturated heterocycles. The predicted molar refractivity (Wildman–Crippen MR) is 145 cm³/mol. The van der Waals surface area contributed by atoms with Gasteiger partial charge in [0.15, 0.2) is 0 Å². The number of benzene rings is 3. The Morgan fingerprint density at radius 1 is 0.889 bits per heavy atom. The van der Waals surface area contributed by atoms with Gasteiger partial charge in [0.25, 0.3) is 11.8 Å². The molecule has 5 rings (SSSR count). The SMILES string of the molecule is CC1=C(C(=O)Nc2ccccc2)C(c2ccc(Br)cc2)n2ncc(C(=O)Nc3cccc(C)c3)c2N1. The standard InChI is InChI=1S/C28H24BrN5O2/c1-17-7-6-10-22(15-17)33-27(35)23-16-30-34-25(19-11-13-20(29)14-12-19)24(18(2)31-26(23)34)28(36)32-21-8-4-3-5-9-21/h3-16,25,31H,1-2H3,(H,32,36)(H,33,35). The summed E-state index contributed by atoms with van der Waals surface area (Å²) in [7, 11) is 0. The summed E-state index contributed by atoms with van der Waals surface area (Å²) < 4.78 is 2.62. The summed E-state index contributed by atoms with van der Waals surface area (Å²) in [6.07, 6.45) is 1.53. The van der Waals surface area contributed by atoms with Gasteiger partial charge in [-0.3, -0.25) is 9.59 Å². The number of rotatable bonds is 5. The van der Waals surface area contributed by atoms with E-state index in [0.717, 1.165) is 15.6 Å². The number of hydrogen-bond acceptors (Lipinski definition) is 4. The van der Waals surface area contributed by atoms with Crippen LogP contribution in [-0.2, 0) is 4.79 Å². The lowest BCUT2D eigenvalue weighted by molar-refractivity contribution is -0.113. The summed E-state index contributed by atoms with van der Waals surface area (Å²) in [4.78, 5) is 26.7. The molecule has 1 aliphatic heterocycles. The fraction of sp³-hybridized carbons (Fsp3) is 0.107. The maximum Gasteiger partial charge on any atom is 0.261 e. The van der Waals surface area contributed by atoms with E-state index in [1.54, 1.807) is 4.68 Å². The average Bonchev–Trinajstić information content (AvgIpc) is 3.28. The van der Waals surface area contributed by atoms with Crippen LogP contribution in [0.15, 0.2) is 101 Å². The molecule has 0 fully saturated rings. The topological polar surface area (TPSA) is 88.0 Å². The maximum absolute atomic E-state index is 13.5. The molecule has 1 aromatic heterocycles. The molecule has 2 amide bonds. The first-order valence-corrected chi connectivity index (χ1v) is 12.2. The van der Waals surface area contributed by atoms with E-state index in [1.807, 2.05) is 92.7 Å². The van der Waals surface area contributed by atoms with E-state index in [9.17, 15) is 9.59 Å². The van der Waals surface area contributed by atoms with Crippen molar-refractivity contribution in [3.8, 4) is 0 Å². The lowest BCUT2D eigenvalue weighted by Gasteiger charge is -2.30. The fourth-order valence-corrected chi connectivity index (χ4v) is 4.57. The molecule has 8 heteroatoms. The van der Waals surface area contributed by atoms with Gasteiger partial charge in [-0.25, -0.2) is 4.68 Å². The molecular weight excluding hydrogens is 518 g/mol. The molecule has 2 heterocycles. The molecule has 36 heavy (non-hydrogen) atoms. The lowest BCUT2D eigenvalue weighted by atomic mass is 9.94. The molecule has 1 unspecified atom stereocenters. The Morgan fingerprint density at radius 3 is 2.31 bits per heavy atom. The van der Waals surface area contributed by atoms with E-state index in [4.69, 9.17) is 0 Å². The zero-order chi connectivity index (χ0) is 25.2. The largest absolute Gasteiger partial charge is 0.343 e. The van der Waals surface area contributed by atoms with Gasteiger partial charge in [-0.2, -0.15) is 5.10 Å². The van der Waals surface area contributed by atoms with Crippen LogP contribution >= 0.6 is 15.9 Å². The van der Waals surface area contributed by atoms with Crippen LogP contribution in [-0.4, -0.2) is 21.6 Å². The fourth-order valence-electron chi connectivity index (χ4n) is 4.31. The first kappa shape index (κ1) is 23.6.